The van der Waals surface area contributed by atoms with Gasteiger partial charge in [0, 0.05) is 10.7 Å². The fraction of sp³-hybridized carbons (Fsp3) is 0.250. The fourth-order valence-electron chi connectivity index (χ4n) is 0.846. The van der Waals surface area contributed by atoms with Crippen molar-refractivity contribution in [2.45, 2.75) is 13.0 Å². The molecule has 62 valence electrons. The van der Waals surface area contributed by atoms with Crippen molar-refractivity contribution in [2.24, 2.45) is 4.99 Å². The number of nitrogens with zero attached hydrogens (tertiary/aromatic N) is 2. The first kappa shape index (κ1) is 9.10. The van der Waals surface area contributed by atoms with Crippen LogP contribution in [-0.2, 0) is 4.79 Å². The van der Waals surface area contributed by atoms with Crippen molar-refractivity contribution in [2.75, 3.05) is 0 Å². The summed E-state index contributed by atoms with van der Waals surface area (Å²) in [6.45, 7) is 1.79. The van der Waals surface area contributed by atoms with Gasteiger partial charge >= 0.3 is 0 Å². The molecular formula is C8H7BrN2O. The van der Waals surface area contributed by atoms with Crippen LogP contribution in [0.5, 0.6) is 0 Å². The summed E-state index contributed by atoms with van der Waals surface area (Å²) < 4.78 is 0.858. The normalized spacial score (nSPS) is 11.8. The molecule has 1 rings (SSSR count). The Balaban J connectivity index is 3.02. The van der Waals surface area contributed by atoms with Crippen LogP contribution in [0.4, 0.5) is 0 Å². The van der Waals surface area contributed by atoms with Gasteiger partial charge in [0.2, 0.25) is 6.08 Å². The highest BCUT2D eigenvalue weighted by atomic mass is 79.9. The van der Waals surface area contributed by atoms with Gasteiger partial charge in [0.1, 0.15) is 6.04 Å². The van der Waals surface area contributed by atoms with Crippen molar-refractivity contribution in [3.8, 4) is 0 Å². The van der Waals surface area contributed by atoms with Gasteiger partial charge in [-0.25, -0.2) is 4.79 Å². The molecule has 1 aromatic heterocycles. The zero-order chi connectivity index (χ0) is 8.97. The number of aliphatic imine (C=N–C) groups is 1. The Bertz CT molecular complexity index is 321. The van der Waals surface area contributed by atoms with Gasteiger partial charge in [0.15, 0.2) is 0 Å². The second-order valence-corrected chi connectivity index (χ2v) is 3.12. The van der Waals surface area contributed by atoms with Gasteiger partial charge in [-0.1, -0.05) is 0 Å². The van der Waals surface area contributed by atoms with Crippen molar-refractivity contribution in [3.05, 3.63) is 28.5 Å². The molecule has 0 saturated carbocycles. The molecule has 1 atom stereocenters. The van der Waals surface area contributed by atoms with E-state index >= 15 is 0 Å². The number of isocyanates is 1. The molecule has 0 aliphatic carbocycles. The summed E-state index contributed by atoms with van der Waals surface area (Å²) in [5.41, 5.74) is 0.751. The third-order valence-electron chi connectivity index (χ3n) is 1.43. The Morgan fingerprint density at radius 2 is 2.50 bits per heavy atom. The van der Waals surface area contributed by atoms with Gasteiger partial charge in [-0.2, -0.15) is 4.99 Å². The van der Waals surface area contributed by atoms with E-state index in [1.807, 2.05) is 12.1 Å². The summed E-state index contributed by atoms with van der Waals surface area (Å²) in [7, 11) is 0. The first-order valence-electron chi connectivity index (χ1n) is 3.43. The highest BCUT2D eigenvalue weighted by Gasteiger charge is 2.07. The molecule has 0 saturated heterocycles. The molecule has 0 aliphatic rings. The molecule has 0 amide bonds. The summed E-state index contributed by atoms with van der Waals surface area (Å²) in [4.78, 5) is 17.6. The quantitative estimate of drug-likeness (QED) is 0.574. The predicted molar refractivity (Wildman–Crippen MR) is 48.5 cm³/mol. The summed E-state index contributed by atoms with van der Waals surface area (Å²) in [5, 5.41) is 0. The van der Waals surface area contributed by atoms with E-state index in [0.717, 1.165) is 10.2 Å². The number of hydrogen-bond acceptors (Lipinski definition) is 3. The lowest BCUT2D eigenvalue weighted by molar-refractivity contribution is 0.559. The Hall–Kier alpha value is -0.990. The zero-order valence-corrected chi connectivity index (χ0v) is 8.08. The zero-order valence-electron chi connectivity index (χ0n) is 6.49. The summed E-state index contributed by atoms with van der Waals surface area (Å²) in [6.07, 6.45) is 3.17. The predicted octanol–water partition coefficient (Wildman–Crippen LogP) is 2.24. The monoisotopic (exact) mass is 226 g/mol. The summed E-state index contributed by atoms with van der Waals surface area (Å²) >= 11 is 3.31. The lowest BCUT2D eigenvalue weighted by Crippen LogP contribution is -1.94. The Morgan fingerprint density at radius 3 is 3.08 bits per heavy atom. The number of aromatic nitrogens is 1. The molecule has 0 bridgehead atoms. The minimum Gasteiger partial charge on any atom is -0.258 e. The molecule has 0 spiro atoms. The lowest BCUT2D eigenvalue weighted by atomic mass is 10.2. The average Bonchev–Trinajstić information content (AvgIpc) is 2.05. The number of rotatable bonds is 2. The van der Waals surface area contributed by atoms with Crippen molar-refractivity contribution >= 4 is 22.0 Å². The second-order valence-electron chi connectivity index (χ2n) is 2.27. The Labute approximate surface area is 78.7 Å². The topological polar surface area (TPSA) is 42.3 Å². The van der Waals surface area contributed by atoms with E-state index in [-0.39, 0.29) is 6.04 Å². The number of pyridine rings is 1. The van der Waals surface area contributed by atoms with Crippen LogP contribution in [0.1, 0.15) is 18.7 Å². The third kappa shape index (κ3) is 2.00. The van der Waals surface area contributed by atoms with Crippen LogP contribution in [0.3, 0.4) is 0 Å². The maximum atomic E-state index is 9.97. The van der Waals surface area contributed by atoms with Crippen molar-refractivity contribution in [3.63, 3.8) is 0 Å². The van der Waals surface area contributed by atoms with Crippen molar-refractivity contribution in [1.82, 2.24) is 4.98 Å². The smallest absolute Gasteiger partial charge is 0.235 e. The first-order valence-corrected chi connectivity index (χ1v) is 4.22. The standard InChI is InChI=1S/C8H7BrN2O/c1-6(11-5-12)8-7(9)3-2-4-10-8/h2-4,6H,1H3. The van der Waals surface area contributed by atoms with E-state index in [1.54, 1.807) is 13.1 Å². The van der Waals surface area contributed by atoms with Crippen molar-refractivity contribution in [1.29, 1.82) is 0 Å². The average molecular weight is 227 g/mol. The molecule has 0 fully saturated rings. The third-order valence-corrected chi connectivity index (χ3v) is 2.10. The van der Waals surface area contributed by atoms with E-state index in [2.05, 4.69) is 25.9 Å². The first-order chi connectivity index (χ1) is 5.75. The highest BCUT2D eigenvalue weighted by Crippen LogP contribution is 2.22. The van der Waals surface area contributed by atoms with Crippen LogP contribution in [0.15, 0.2) is 27.8 Å². The molecule has 1 unspecified atom stereocenters. The maximum absolute atomic E-state index is 9.97. The highest BCUT2D eigenvalue weighted by molar-refractivity contribution is 9.10. The molecule has 0 aliphatic heterocycles. The van der Waals surface area contributed by atoms with E-state index in [1.165, 1.54) is 6.08 Å². The van der Waals surface area contributed by atoms with E-state index < -0.39 is 0 Å². The van der Waals surface area contributed by atoms with Crippen LogP contribution in [0, 0.1) is 0 Å². The van der Waals surface area contributed by atoms with Crippen LogP contribution in [-0.4, -0.2) is 11.1 Å². The molecule has 0 aromatic carbocycles. The number of carbonyl (C=O) groups excluding carboxylic acids is 1. The number of hydrogen-bond donors (Lipinski definition) is 0. The van der Waals surface area contributed by atoms with Crippen LogP contribution in [0.2, 0.25) is 0 Å². The van der Waals surface area contributed by atoms with Gasteiger partial charge in [0.25, 0.3) is 0 Å². The maximum Gasteiger partial charge on any atom is 0.235 e. The summed E-state index contributed by atoms with van der Waals surface area (Å²) in [6, 6.07) is 3.43. The van der Waals surface area contributed by atoms with E-state index in [9.17, 15) is 4.79 Å². The molecule has 0 N–H and O–H groups in total. The fourth-order valence-corrected chi connectivity index (χ4v) is 1.43. The summed E-state index contributed by atoms with van der Waals surface area (Å²) in [5.74, 6) is 0. The van der Waals surface area contributed by atoms with E-state index in [4.69, 9.17) is 0 Å². The van der Waals surface area contributed by atoms with Gasteiger partial charge in [0.05, 0.1) is 5.69 Å². The van der Waals surface area contributed by atoms with Gasteiger partial charge in [-0.05, 0) is 35.0 Å². The van der Waals surface area contributed by atoms with Gasteiger partial charge in [-0.3, -0.25) is 4.98 Å². The molecule has 0 radical (unpaired) electrons. The van der Waals surface area contributed by atoms with Crippen LogP contribution >= 0.6 is 15.9 Å². The molecule has 1 aromatic rings. The molecule has 3 nitrogen and oxygen atoms in total. The minimum atomic E-state index is -0.238. The molecule has 4 heteroatoms. The van der Waals surface area contributed by atoms with Crippen molar-refractivity contribution < 1.29 is 4.79 Å². The van der Waals surface area contributed by atoms with Crippen LogP contribution in [0.25, 0.3) is 0 Å². The number of halogens is 1. The second kappa shape index (κ2) is 4.14. The van der Waals surface area contributed by atoms with Gasteiger partial charge in [-0.15, -0.1) is 0 Å². The minimum absolute atomic E-state index is 0.238. The lowest BCUT2D eigenvalue weighted by Gasteiger charge is -2.04. The molecular weight excluding hydrogens is 220 g/mol. The Morgan fingerprint density at radius 1 is 1.75 bits per heavy atom. The molecule has 1 heterocycles. The van der Waals surface area contributed by atoms with E-state index in [0.29, 0.717) is 0 Å². The molecule has 12 heavy (non-hydrogen) atoms. The van der Waals surface area contributed by atoms with Crippen LogP contribution < -0.4 is 0 Å². The van der Waals surface area contributed by atoms with Gasteiger partial charge < -0.3 is 0 Å². The largest absolute Gasteiger partial charge is 0.258 e. The Kier molecular flexibility index (Phi) is 3.14. The SMILES string of the molecule is CC(N=C=O)c1ncccc1Br.